The second kappa shape index (κ2) is 4.61. The molecular formula is C9H11FN2O6. The van der Waals surface area contributed by atoms with Crippen molar-refractivity contribution in [1.82, 2.24) is 9.55 Å². The molecular weight excluding hydrogens is 251 g/mol. The summed E-state index contributed by atoms with van der Waals surface area (Å²) in [6.45, 7) is -0.337. The molecule has 2 heterocycles. The highest BCUT2D eigenvalue weighted by Crippen LogP contribution is 2.22. The van der Waals surface area contributed by atoms with Crippen molar-refractivity contribution in [3.05, 3.63) is 32.9 Å². The molecule has 1 aliphatic rings. The fourth-order valence-electron chi connectivity index (χ4n) is 1.69. The summed E-state index contributed by atoms with van der Waals surface area (Å²) in [7, 11) is 0. The first-order chi connectivity index (χ1) is 8.41. The van der Waals surface area contributed by atoms with Crippen LogP contribution in [0.5, 0.6) is 0 Å². The van der Waals surface area contributed by atoms with E-state index in [1.54, 1.807) is 4.98 Å². The number of rotatable bonds is 1. The third kappa shape index (κ3) is 2.08. The average molecular weight is 262 g/mol. The summed E-state index contributed by atoms with van der Waals surface area (Å²) < 4.78 is 18.6. The first-order valence-electron chi connectivity index (χ1n) is 5.08. The molecule has 8 nitrogen and oxygen atoms in total. The minimum Gasteiger partial charge on any atom is -0.388 e. The predicted molar refractivity (Wildman–Crippen MR) is 54.3 cm³/mol. The zero-order chi connectivity index (χ0) is 13.4. The summed E-state index contributed by atoms with van der Waals surface area (Å²) in [4.78, 5) is 24.0. The Morgan fingerprint density at radius 3 is 2.67 bits per heavy atom. The molecule has 2 rings (SSSR count). The molecule has 0 aromatic carbocycles. The maximum absolute atomic E-state index is 13.1. The largest absolute Gasteiger partial charge is 0.388 e. The number of hydrogen-bond donors (Lipinski definition) is 4. The van der Waals surface area contributed by atoms with Gasteiger partial charge in [0.05, 0.1) is 12.8 Å². The first-order valence-corrected chi connectivity index (χ1v) is 5.08. The van der Waals surface area contributed by atoms with Crippen LogP contribution in [0.3, 0.4) is 0 Å². The molecule has 0 amide bonds. The SMILES string of the molecule is O=c1[nH]c(=O)n([C@H]2OC[C@@H](O)[C@@H](O)[C@@H]2O)cc1F. The Hall–Kier alpha value is -1.55. The van der Waals surface area contributed by atoms with E-state index in [9.17, 15) is 29.3 Å². The van der Waals surface area contributed by atoms with Crippen LogP contribution in [0.4, 0.5) is 4.39 Å². The van der Waals surface area contributed by atoms with E-state index in [0.29, 0.717) is 10.8 Å². The number of H-pyrrole nitrogens is 1. The molecule has 1 saturated heterocycles. The molecule has 0 aliphatic carbocycles. The van der Waals surface area contributed by atoms with Crippen molar-refractivity contribution >= 4 is 0 Å². The Morgan fingerprint density at radius 2 is 2.00 bits per heavy atom. The maximum Gasteiger partial charge on any atom is 0.330 e. The summed E-state index contributed by atoms with van der Waals surface area (Å²) in [5, 5.41) is 28.3. The van der Waals surface area contributed by atoms with Crippen molar-refractivity contribution in [3.63, 3.8) is 0 Å². The van der Waals surface area contributed by atoms with Gasteiger partial charge in [0.2, 0.25) is 5.82 Å². The molecule has 9 heteroatoms. The molecule has 0 bridgehead atoms. The fraction of sp³-hybridized carbons (Fsp3) is 0.556. The Morgan fingerprint density at radius 1 is 1.33 bits per heavy atom. The normalized spacial score (nSPS) is 32.4. The second-order valence-electron chi connectivity index (χ2n) is 3.92. The zero-order valence-electron chi connectivity index (χ0n) is 8.99. The van der Waals surface area contributed by atoms with Crippen molar-refractivity contribution in [1.29, 1.82) is 0 Å². The van der Waals surface area contributed by atoms with Gasteiger partial charge in [0.25, 0.3) is 5.56 Å². The molecule has 0 spiro atoms. The molecule has 4 atom stereocenters. The maximum atomic E-state index is 13.1. The molecule has 1 fully saturated rings. The van der Waals surface area contributed by atoms with Gasteiger partial charge in [-0.15, -0.1) is 0 Å². The number of hydrogen-bond acceptors (Lipinski definition) is 6. The molecule has 100 valence electrons. The number of nitrogens with one attached hydrogen (secondary N) is 1. The van der Waals surface area contributed by atoms with Crippen LogP contribution in [0, 0.1) is 5.82 Å². The van der Waals surface area contributed by atoms with Gasteiger partial charge in [0, 0.05) is 0 Å². The number of aromatic nitrogens is 2. The van der Waals surface area contributed by atoms with E-state index < -0.39 is 41.6 Å². The summed E-state index contributed by atoms with van der Waals surface area (Å²) >= 11 is 0. The summed E-state index contributed by atoms with van der Waals surface area (Å²) in [5.74, 6) is -1.23. The van der Waals surface area contributed by atoms with Gasteiger partial charge in [-0.2, -0.15) is 4.39 Å². The summed E-state index contributed by atoms with van der Waals surface area (Å²) in [5.41, 5.74) is -2.18. The molecule has 0 saturated carbocycles. The van der Waals surface area contributed by atoms with Gasteiger partial charge in [-0.1, -0.05) is 0 Å². The topological polar surface area (TPSA) is 125 Å². The number of ether oxygens (including phenoxy) is 1. The molecule has 0 radical (unpaired) electrons. The third-order valence-electron chi connectivity index (χ3n) is 2.67. The van der Waals surface area contributed by atoms with E-state index in [-0.39, 0.29) is 6.61 Å². The van der Waals surface area contributed by atoms with Crippen LogP contribution in [0.1, 0.15) is 6.23 Å². The van der Waals surface area contributed by atoms with Crippen molar-refractivity contribution < 1.29 is 24.4 Å². The zero-order valence-corrected chi connectivity index (χ0v) is 8.99. The summed E-state index contributed by atoms with van der Waals surface area (Å²) in [6, 6.07) is 0. The van der Waals surface area contributed by atoms with Crippen LogP contribution >= 0.6 is 0 Å². The van der Waals surface area contributed by atoms with Gasteiger partial charge in [-0.3, -0.25) is 14.3 Å². The number of aromatic amines is 1. The van der Waals surface area contributed by atoms with E-state index in [1.807, 2.05) is 0 Å². The second-order valence-corrected chi connectivity index (χ2v) is 3.92. The molecule has 0 unspecified atom stereocenters. The lowest BCUT2D eigenvalue weighted by molar-refractivity contribution is -0.212. The van der Waals surface area contributed by atoms with Gasteiger partial charge in [-0.25, -0.2) is 4.79 Å². The van der Waals surface area contributed by atoms with E-state index in [0.717, 1.165) is 0 Å². The molecule has 4 N–H and O–H groups in total. The van der Waals surface area contributed by atoms with Gasteiger partial charge < -0.3 is 20.1 Å². The Balaban J connectivity index is 2.41. The number of halogens is 1. The van der Waals surface area contributed by atoms with Crippen LogP contribution in [0.2, 0.25) is 0 Å². The number of nitrogens with zero attached hydrogens (tertiary/aromatic N) is 1. The third-order valence-corrected chi connectivity index (χ3v) is 2.67. The molecule has 1 aromatic rings. The predicted octanol–water partition coefficient (Wildman–Crippen LogP) is -2.71. The highest BCUT2D eigenvalue weighted by Gasteiger charge is 2.39. The lowest BCUT2D eigenvalue weighted by atomic mass is 10.0. The Labute approximate surface area is 98.9 Å². The highest BCUT2D eigenvalue weighted by atomic mass is 19.1. The van der Waals surface area contributed by atoms with Gasteiger partial charge >= 0.3 is 5.69 Å². The number of aliphatic hydroxyl groups excluding tert-OH is 3. The van der Waals surface area contributed by atoms with Crippen LogP contribution in [0.25, 0.3) is 0 Å². The average Bonchev–Trinajstić information content (AvgIpc) is 2.32. The van der Waals surface area contributed by atoms with Gasteiger partial charge in [-0.05, 0) is 0 Å². The van der Waals surface area contributed by atoms with Crippen molar-refractivity contribution in [2.45, 2.75) is 24.5 Å². The van der Waals surface area contributed by atoms with Crippen LogP contribution in [-0.2, 0) is 4.74 Å². The molecule has 18 heavy (non-hydrogen) atoms. The first kappa shape index (κ1) is 12.9. The smallest absolute Gasteiger partial charge is 0.330 e. The van der Waals surface area contributed by atoms with Crippen molar-refractivity contribution in [3.8, 4) is 0 Å². The van der Waals surface area contributed by atoms with E-state index in [2.05, 4.69) is 0 Å². The molecule has 1 aliphatic heterocycles. The highest BCUT2D eigenvalue weighted by molar-refractivity contribution is 4.92. The minimum absolute atomic E-state index is 0.337. The van der Waals surface area contributed by atoms with Crippen LogP contribution < -0.4 is 11.2 Å². The minimum atomic E-state index is -1.63. The van der Waals surface area contributed by atoms with Crippen LogP contribution in [0.15, 0.2) is 15.8 Å². The standard InChI is InChI=1S/C9H11FN2O6/c10-3-1-12(9(17)11-7(3)16)8-6(15)5(14)4(13)2-18-8/h1,4-6,8,13-15H,2H2,(H,11,16,17)/t4-,5-,6+,8+/m1/s1. The monoisotopic (exact) mass is 262 g/mol. The van der Waals surface area contributed by atoms with Crippen molar-refractivity contribution in [2.24, 2.45) is 0 Å². The Bertz CT molecular complexity index is 555. The molecule has 1 aromatic heterocycles. The van der Waals surface area contributed by atoms with E-state index in [1.165, 1.54) is 0 Å². The summed E-state index contributed by atoms with van der Waals surface area (Å²) in [6.07, 6.45) is -5.29. The number of aliphatic hydroxyl groups is 3. The lowest BCUT2D eigenvalue weighted by Crippen LogP contribution is -2.53. The lowest BCUT2D eigenvalue weighted by Gasteiger charge is -2.35. The van der Waals surface area contributed by atoms with Crippen molar-refractivity contribution in [2.75, 3.05) is 6.61 Å². The van der Waals surface area contributed by atoms with E-state index >= 15 is 0 Å². The van der Waals surface area contributed by atoms with E-state index in [4.69, 9.17) is 4.74 Å². The van der Waals surface area contributed by atoms with Gasteiger partial charge in [0.1, 0.15) is 18.3 Å². The fourth-order valence-corrected chi connectivity index (χ4v) is 1.69. The Kier molecular flexibility index (Phi) is 3.30. The van der Waals surface area contributed by atoms with Crippen LogP contribution in [-0.4, -0.2) is 49.8 Å². The quantitative estimate of drug-likeness (QED) is 0.436. The van der Waals surface area contributed by atoms with Gasteiger partial charge in [0.15, 0.2) is 6.23 Å².